The first-order chi connectivity index (χ1) is 11.6. The molecule has 4 heteroatoms. The maximum atomic E-state index is 13.2. The van der Waals surface area contributed by atoms with E-state index in [1.54, 1.807) is 25.3 Å². The lowest BCUT2D eigenvalue weighted by molar-refractivity contribution is 0.0521. The normalized spacial score (nSPS) is 10.6. The molecule has 0 amide bonds. The van der Waals surface area contributed by atoms with Crippen LogP contribution in [0, 0.1) is 12.7 Å². The summed E-state index contributed by atoms with van der Waals surface area (Å²) in [4.78, 5) is 15.4. The Morgan fingerprint density at radius 2 is 1.79 bits per heavy atom. The molecule has 24 heavy (non-hydrogen) atoms. The highest BCUT2D eigenvalue weighted by molar-refractivity contribution is 6.01. The molecule has 1 heterocycles. The zero-order chi connectivity index (χ0) is 17.1. The Labute approximate surface area is 140 Å². The predicted molar refractivity (Wildman–Crippen MR) is 92.3 cm³/mol. The third-order valence-corrected chi connectivity index (χ3v) is 3.93. The molecule has 1 aromatic heterocycles. The topological polar surface area (TPSA) is 42.1 Å². The van der Waals surface area contributed by atoms with Crippen LogP contribution >= 0.6 is 0 Å². The minimum absolute atomic E-state index is 0.294. The van der Waals surface area contributed by atoms with E-state index in [0.717, 1.165) is 27.8 Å². The van der Waals surface area contributed by atoms with Crippen molar-refractivity contribution in [2.75, 3.05) is 6.61 Å². The molecule has 3 aromatic rings. The smallest absolute Gasteiger partial charge is 0.355 e. The molecule has 0 aliphatic carbocycles. The number of aromatic amines is 1. The van der Waals surface area contributed by atoms with E-state index in [-0.39, 0.29) is 5.82 Å². The van der Waals surface area contributed by atoms with Gasteiger partial charge in [0.15, 0.2) is 0 Å². The lowest BCUT2D eigenvalue weighted by Gasteiger charge is -2.10. The maximum Gasteiger partial charge on any atom is 0.355 e. The summed E-state index contributed by atoms with van der Waals surface area (Å²) < 4.78 is 18.4. The third kappa shape index (κ3) is 2.95. The van der Waals surface area contributed by atoms with Crippen LogP contribution in [0.2, 0.25) is 0 Å². The molecule has 0 fully saturated rings. The molecule has 1 N–H and O–H groups in total. The highest BCUT2D eigenvalue weighted by Crippen LogP contribution is 2.37. The van der Waals surface area contributed by atoms with E-state index < -0.39 is 5.97 Å². The van der Waals surface area contributed by atoms with E-state index in [2.05, 4.69) is 4.98 Å². The fourth-order valence-electron chi connectivity index (χ4n) is 2.78. The Kier molecular flexibility index (Phi) is 4.47. The largest absolute Gasteiger partial charge is 0.461 e. The van der Waals surface area contributed by atoms with E-state index >= 15 is 0 Å². The number of hydrogen-bond acceptors (Lipinski definition) is 2. The molecule has 0 spiro atoms. The van der Waals surface area contributed by atoms with Gasteiger partial charge >= 0.3 is 5.97 Å². The van der Waals surface area contributed by atoms with Gasteiger partial charge in [-0.2, -0.15) is 0 Å². The minimum atomic E-state index is -0.399. The fraction of sp³-hybridized carbons (Fsp3) is 0.150. The minimum Gasteiger partial charge on any atom is -0.461 e. The number of aromatic nitrogens is 1. The average Bonchev–Trinajstić information content (AvgIpc) is 3.01. The Morgan fingerprint density at radius 1 is 1.08 bits per heavy atom. The van der Waals surface area contributed by atoms with Crippen molar-refractivity contribution in [3.63, 3.8) is 0 Å². The van der Waals surface area contributed by atoms with Crippen molar-refractivity contribution in [2.24, 2.45) is 0 Å². The van der Waals surface area contributed by atoms with Gasteiger partial charge in [-0.25, -0.2) is 9.18 Å². The van der Waals surface area contributed by atoms with Crippen LogP contribution in [-0.4, -0.2) is 17.6 Å². The number of nitrogens with one attached hydrogen (secondary N) is 1. The molecule has 0 saturated carbocycles. The second-order valence-corrected chi connectivity index (χ2v) is 5.49. The molecule has 3 nitrogen and oxygen atoms in total. The molecule has 0 aliphatic rings. The summed E-state index contributed by atoms with van der Waals surface area (Å²) in [6.45, 7) is 4.07. The van der Waals surface area contributed by atoms with Crippen LogP contribution in [-0.2, 0) is 4.74 Å². The van der Waals surface area contributed by atoms with Crippen LogP contribution in [0.5, 0.6) is 0 Å². The number of benzene rings is 2. The highest BCUT2D eigenvalue weighted by Gasteiger charge is 2.21. The van der Waals surface area contributed by atoms with Gasteiger partial charge < -0.3 is 9.72 Å². The van der Waals surface area contributed by atoms with Crippen LogP contribution in [0.25, 0.3) is 22.3 Å². The quantitative estimate of drug-likeness (QED) is 0.689. The summed E-state index contributed by atoms with van der Waals surface area (Å²) >= 11 is 0. The van der Waals surface area contributed by atoms with Crippen LogP contribution < -0.4 is 0 Å². The number of hydrogen-bond donors (Lipinski definition) is 1. The summed E-state index contributed by atoms with van der Waals surface area (Å²) in [5.41, 5.74) is 4.85. The molecule has 0 bridgehead atoms. The van der Waals surface area contributed by atoms with E-state index in [1.807, 2.05) is 31.2 Å². The van der Waals surface area contributed by atoms with Gasteiger partial charge in [-0.05, 0) is 42.7 Å². The number of carbonyl (C=O) groups is 1. The van der Waals surface area contributed by atoms with Gasteiger partial charge in [-0.15, -0.1) is 0 Å². The zero-order valence-electron chi connectivity index (χ0n) is 13.6. The van der Waals surface area contributed by atoms with E-state index in [0.29, 0.717) is 12.3 Å². The van der Waals surface area contributed by atoms with Crippen molar-refractivity contribution in [3.8, 4) is 22.3 Å². The number of halogens is 1. The van der Waals surface area contributed by atoms with E-state index in [1.165, 1.54) is 12.1 Å². The standard InChI is InChI=1S/C20H18FNO2/c1-3-24-20(23)19-18(16-7-5-4-6-13(16)2)17(12-22-19)14-8-10-15(21)11-9-14/h4-12,22H,3H2,1-2H3. The Balaban J connectivity index is 2.22. The van der Waals surface area contributed by atoms with Crippen molar-refractivity contribution in [1.29, 1.82) is 0 Å². The molecule has 3 rings (SSSR count). The van der Waals surface area contributed by atoms with Gasteiger partial charge in [-0.3, -0.25) is 0 Å². The average molecular weight is 323 g/mol. The van der Waals surface area contributed by atoms with Gasteiger partial charge in [0.05, 0.1) is 6.61 Å². The Morgan fingerprint density at radius 3 is 2.46 bits per heavy atom. The SMILES string of the molecule is CCOC(=O)c1[nH]cc(-c2ccc(F)cc2)c1-c1ccccc1C. The summed E-state index contributed by atoms with van der Waals surface area (Å²) in [5, 5.41) is 0. The summed E-state index contributed by atoms with van der Waals surface area (Å²) in [5.74, 6) is -0.693. The molecular weight excluding hydrogens is 305 g/mol. The maximum absolute atomic E-state index is 13.2. The number of carbonyl (C=O) groups excluding carboxylic acids is 1. The first-order valence-electron chi connectivity index (χ1n) is 7.82. The first-order valence-corrected chi connectivity index (χ1v) is 7.82. The van der Waals surface area contributed by atoms with Gasteiger partial charge in [-0.1, -0.05) is 36.4 Å². The number of rotatable bonds is 4. The molecule has 0 radical (unpaired) electrons. The fourth-order valence-corrected chi connectivity index (χ4v) is 2.78. The van der Waals surface area contributed by atoms with Crippen LogP contribution in [0.4, 0.5) is 4.39 Å². The van der Waals surface area contributed by atoms with Gasteiger partial charge in [0.25, 0.3) is 0 Å². The number of H-pyrrole nitrogens is 1. The highest BCUT2D eigenvalue weighted by atomic mass is 19.1. The molecule has 0 saturated heterocycles. The van der Waals surface area contributed by atoms with Gasteiger partial charge in [0.2, 0.25) is 0 Å². The van der Waals surface area contributed by atoms with Crippen molar-refractivity contribution >= 4 is 5.97 Å². The molecule has 0 atom stereocenters. The summed E-state index contributed by atoms with van der Waals surface area (Å²) in [7, 11) is 0. The number of esters is 1. The zero-order valence-corrected chi connectivity index (χ0v) is 13.6. The van der Waals surface area contributed by atoms with E-state index in [4.69, 9.17) is 4.74 Å². The van der Waals surface area contributed by atoms with Gasteiger partial charge in [0, 0.05) is 17.3 Å². The summed E-state index contributed by atoms with van der Waals surface area (Å²) in [6, 6.07) is 14.1. The first kappa shape index (κ1) is 16.0. The monoisotopic (exact) mass is 323 g/mol. The predicted octanol–water partition coefficient (Wildman–Crippen LogP) is 4.97. The number of aryl methyl sites for hydroxylation is 1. The Hall–Kier alpha value is -2.88. The van der Waals surface area contributed by atoms with Crippen molar-refractivity contribution in [1.82, 2.24) is 4.98 Å². The van der Waals surface area contributed by atoms with E-state index in [9.17, 15) is 9.18 Å². The van der Waals surface area contributed by atoms with Crippen molar-refractivity contribution in [3.05, 3.63) is 71.8 Å². The lowest BCUT2D eigenvalue weighted by Crippen LogP contribution is -2.06. The number of ether oxygens (including phenoxy) is 1. The lowest BCUT2D eigenvalue weighted by atomic mass is 9.94. The third-order valence-electron chi connectivity index (χ3n) is 3.93. The summed E-state index contributed by atoms with van der Waals surface area (Å²) in [6.07, 6.45) is 1.77. The molecule has 122 valence electrons. The van der Waals surface area contributed by atoms with Crippen molar-refractivity contribution in [2.45, 2.75) is 13.8 Å². The van der Waals surface area contributed by atoms with Crippen LogP contribution in [0.1, 0.15) is 23.0 Å². The van der Waals surface area contributed by atoms with Crippen LogP contribution in [0.3, 0.4) is 0 Å². The van der Waals surface area contributed by atoms with Crippen molar-refractivity contribution < 1.29 is 13.9 Å². The molecule has 0 unspecified atom stereocenters. The van der Waals surface area contributed by atoms with Gasteiger partial charge in [0.1, 0.15) is 11.5 Å². The second-order valence-electron chi connectivity index (χ2n) is 5.49. The second kappa shape index (κ2) is 6.71. The Bertz CT molecular complexity index is 866. The molecule has 0 aliphatic heterocycles. The van der Waals surface area contributed by atoms with Crippen LogP contribution in [0.15, 0.2) is 54.7 Å². The molecular formula is C20H18FNO2. The molecule has 2 aromatic carbocycles.